The number of rotatable bonds is 4. The zero-order valence-corrected chi connectivity index (χ0v) is 12.9. The molecule has 0 bridgehead atoms. The van der Waals surface area contributed by atoms with Crippen LogP contribution in [0.1, 0.15) is 5.56 Å². The van der Waals surface area contributed by atoms with Crippen LogP contribution in [0.3, 0.4) is 0 Å². The quantitative estimate of drug-likeness (QED) is 0.877. The Morgan fingerprint density at radius 1 is 1.32 bits per heavy atom. The van der Waals surface area contributed by atoms with E-state index in [1.807, 2.05) is 35.2 Å². The van der Waals surface area contributed by atoms with Crippen molar-refractivity contribution >= 4 is 23.3 Å². The molecule has 0 unspecified atom stereocenters. The number of nitrogens with two attached hydrogens (primary N) is 1. The molecule has 7 heteroatoms. The maximum Gasteiger partial charge on any atom is 0.190 e. The fraction of sp³-hybridized carbons (Fsp3) is 0.200. The lowest BCUT2D eigenvalue weighted by molar-refractivity contribution is 0.371. The Labute approximate surface area is 133 Å². The van der Waals surface area contributed by atoms with Gasteiger partial charge in [-0.05, 0) is 12.1 Å². The van der Waals surface area contributed by atoms with E-state index in [9.17, 15) is 0 Å². The minimum Gasteiger partial charge on any atom is -0.496 e. The van der Waals surface area contributed by atoms with E-state index in [-0.39, 0.29) is 0 Å². The zero-order chi connectivity index (χ0) is 15.5. The average molecular weight is 318 g/mol. The summed E-state index contributed by atoms with van der Waals surface area (Å²) in [5.41, 5.74) is 6.98. The van der Waals surface area contributed by atoms with Gasteiger partial charge in [0.25, 0.3) is 0 Å². The monoisotopic (exact) mass is 317 g/mol. The molecule has 2 heterocycles. The number of hydrogen-bond donors (Lipinski definition) is 1. The molecule has 0 atom stereocenters. The van der Waals surface area contributed by atoms with Crippen LogP contribution in [-0.2, 0) is 6.54 Å². The third kappa shape index (κ3) is 2.78. The second-order valence-electron chi connectivity index (χ2n) is 4.84. The minimum absolute atomic E-state index is 0.460. The first-order chi connectivity index (χ1) is 10.7. The van der Waals surface area contributed by atoms with Gasteiger partial charge in [-0.15, -0.1) is 0 Å². The minimum atomic E-state index is 0.460. The van der Waals surface area contributed by atoms with Gasteiger partial charge in [0.2, 0.25) is 0 Å². The molecular formula is C15H16ClN5O. The molecule has 0 saturated carbocycles. The molecule has 0 radical (unpaired) electrons. The molecule has 1 aliphatic rings. The van der Waals surface area contributed by atoms with E-state index in [1.165, 1.54) is 0 Å². The molecule has 0 spiro atoms. The van der Waals surface area contributed by atoms with E-state index < -0.39 is 0 Å². The van der Waals surface area contributed by atoms with Gasteiger partial charge < -0.3 is 15.4 Å². The lowest BCUT2D eigenvalue weighted by Crippen LogP contribution is -2.36. The highest BCUT2D eigenvalue weighted by Gasteiger charge is 2.22. The molecule has 6 nitrogen and oxygen atoms in total. The predicted octanol–water partition coefficient (Wildman–Crippen LogP) is 2.09. The van der Waals surface area contributed by atoms with E-state index in [0.717, 1.165) is 11.3 Å². The van der Waals surface area contributed by atoms with Gasteiger partial charge in [0.1, 0.15) is 11.6 Å². The highest BCUT2D eigenvalue weighted by Crippen LogP contribution is 2.27. The Bertz CT molecular complexity index is 723. The van der Waals surface area contributed by atoms with E-state index in [4.69, 9.17) is 22.1 Å². The van der Waals surface area contributed by atoms with Crippen LogP contribution in [-0.4, -0.2) is 34.2 Å². The van der Waals surface area contributed by atoms with Crippen molar-refractivity contribution in [2.75, 3.05) is 13.7 Å². The number of aliphatic imine (C=N–C) groups is 1. The van der Waals surface area contributed by atoms with Crippen LogP contribution in [0.15, 0.2) is 52.9 Å². The van der Waals surface area contributed by atoms with Crippen molar-refractivity contribution in [3.05, 3.63) is 53.4 Å². The maximum absolute atomic E-state index is 6.49. The first kappa shape index (κ1) is 14.5. The second-order valence-corrected chi connectivity index (χ2v) is 5.19. The number of ether oxygens (including phenoxy) is 1. The highest BCUT2D eigenvalue weighted by molar-refractivity contribution is 6.32. The Hall–Kier alpha value is -2.47. The third-order valence-corrected chi connectivity index (χ3v) is 3.75. The van der Waals surface area contributed by atoms with Crippen LogP contribution in [0, 0.1) is 0 Å². The Kier molecular flexibility index (Phi) is 4.02. The fourth-order valence-electron chi connectivity index (χ4n) is 2.33. The van der Waals surface area contributed by atoms with Gasteiger partial charge in [-0.25, -0.2) is 9.67 Å². The van der Waals surface area contributed by atoms with Gasteiger partial charge in [-0.2, -0.15) is 5.10 Å². The lowest BCUT2D eigenvalue weighted by atomic mass is 10.2. The molecule has 0 fully saturated rings. The van der Waals surface area contributed by atoms with Gasteiger partial charge in [-0.3, -0.25) is 0 Å². The molecule has 2 aromatic rings. The molecule has 0 saturated heterocycles. The molecule has 22 heavy (non-hydrogen) atoms. The van der Waals surface area contributed by atoms with Crippen molar-refractivity contribution in [2.24, 2.45) is 10.7 Å². The van der Waals surface area contributed by atoms with Crippen LogP contribution < -0.4 is 10.5 Å². The maximum atomic E-state index is 6.49. The van der Waals surface area contributed by atoms with Gasteiger partial charge in [-0.1, -0.05) is 29.8 Å². The predicted molar refractivity (Wildman–Crippen MR) is 86.3 cm³/mol. The van der Waals surface area contributed by atoms with Crippen molar-refractivity contribution < 1.29 is 4.74 Å². The van der Waals surface area contributed by atoms with Gasteiger partial charge in [0.05, 0.1) is 13.7 Å². The van der Waals surface area contributed by atoms with Crippen molar-refractivity contribution in [1.29, 1.82) is 0 Å². The first-order valence-electron chi connectivity index (χ1n) is 6.78. The summed E-state index contributed by atoms with van der Waals surface area (Å²) in [4.78, 5) is 6.25. The van der Waals surface area contributed by atoms with Crippen molar-refractivity contribution in [3.63, 3.8) is 0 Å². The normalized spacial score (nSPS) is 15.0. The number of aromatic nitrogens is 2. The van der Waals surface area contributed by atoms with Crippen molar-refractivity contribution in [1.82, 2.24) is 14.7 Å². The summed E-state index contributed by atoms with van der Waals surface area (Å²) >= 11 is 6.49. The van der Waals surface area contributed by atoms with E-state index in [1.54, 1.807) is 24.2 Å². The molecule has 3 rings (SSSR count). The summed E-state index contributed by atoms with van der Waals surface area (Å²) in [6.07, 6.45) is 3.45. The van der Waals surface area contributed by atoms with Crippen LogP contribution in [0.2, 0.25) is 0 Å². The fourth-order valence-corrected chi connectivity index (χ4v) is 2.58. The topological polar surface area (TPSA) is 68.7 Å². The largest absolute Gasteiger partial charge is 0.496 e. The van der Waals surface area contributed by atoms with E-state index in [0.29, 0.717) is 29.9 Å². The Morgan fingerprint density at radius 2 is 2.14 bits per heavy atom. The van der Waals surface area contributed by atoms with Crippen molar-refractivity contribution in [2.45, 2.75) is 6.54 Å². The second kappa shape index (κ2) is 6.11. The number of amidine groups is 1. The van der Waals surface area contributed by atoms with Gasteiger partial charge >= 0.3 is 0 Å². The first-order valence-corrected chi connectivity index (χ1v) is 7.16. The molecule has 0 amide bonds. The molecule has 1 aromatic carbocycles. The standard InChI is InChI=1S/C15H16ClN5O/c1-22-12-6-3-2-5-11(12)9-20-10-13(17)19-15(14(20)16)21-8-4-7-18-21/h2-8H,9-10H2,1H3,(H2,17,19). The number of hydrogen-bond acceptors (Lipinski definition) is 5. The number of methoxy groups -OCH3 is 1. The SMILES string of the molecule is COc1ccccc1CN1CC(N)=NC(n2cccn2)=C1Cl. The van der Waals surface area contributed by atoms with E-state index in [2.05, 4.69) is 10.1 Å². The average Bonchev–Trinajstić information content (AvgIpc) is 3.05. The summed E-state index contributed by atoms with van der Waals surface area (Å²) in [7, 11) is 1.65. The van der Waals surface area contributed by atoms with Gasteiger partial charge in [0.15, 0.2) is 11.0 Å². The van der Waals surface area contributed by atoms with Crippen molar-refractivity contribution in [3.8, 4) is 5.75 Å². The molecule has 114 valence electrons. The molecule has 0 aliphatic carbocycles. The molecule has 1 aromatic heterocycles. The van der Waals surface area contributed by atoms with Crippen LogP contribution in [0.25, 0.3) is 5.82 Å². The number of halogens is 1. The van der Waals surface area contributed by atoms with E-state index >= 15 is 0 Å². The highest BCUT2D eigenvalue weighted by atomic mass is 35.5. The zero-order valence-electron chi connectivity index (χ0n) is 12.1. The number of benzene rings is 1. The molecule has 2 N–H and O–H groups in total. The Balaban J connectivity index is 1.93. The lowest BCUT2D eigenvalue weighted by Gasteiger charge is -2.28. The van der Waals surface area contributed by atoms with Crippen LogP contribution >= 0.6 is 11.6 Å². The van der Waals surface area contributed by atoms with Gasteiger partial charge in [0, 0.05) is 24.5 Å². The summed E-state index contributed by atoms with van der Waals surface area (Å²) in [5, 5.41) is 4.66. The summed E-state index contributed by atoms with van der Waals surface area (Å²) < 4.78 is 6.98. The smallest absolute Gasteiger partial charge is 0.190 e. The summed E-state index contributed by atoms with van der Waals surface area (Å²) in [6, 6.07) is 9.62. The molecule has 1 aliphatic heterocycles. The number of nitrogens with zero attached hydrogens (tertiary/aromatic N) is 4. The third-order valence-electron chi connectivity index (χ3n) is 3.34. The van der Waals surface area contributed by atoms with Crippen LogP contribution in [0.4, 0.5) is 0 Å². The molecular weight excluding hydrogens is 302 g/mol. The Morgan fingerprint density at radius 3 is 2.86 bits per heavy atom. The summed E-state index contributed by atoms with van der Waals surface area (Å²) in [5.74, 6) is 1.82. The van der Waals surface area contributed by atoms with Crippen LogP contribution in [0.5, 0.6) is 5.75 Å². The number of para-hydroxylation sites is 1. The summed E-state index contributed by atoms with van der Waals surface area (Å²) in [6.45, 7) is 1.03.